The molecule has 0 spiro atoms. The largest absolute Gasteiger partial charge is 0.352 e. The average Bonchev–Trinajstić information content (AvgIpc) is 3.15. The molecule has 1 fully saturated rings. The summed E-state index contributed by atoms with van der Waals surface area (Å²) in [6.07, 6.45) is 6.49. The highest BCUT2D eigenvalue weighted by molar-refractivity contribution is 7.89. The summed E-state index contributed by atoms with van der Waals surface area (Å²) in [6, 6.07) is 6.97. The van der Waals surface area contributed by atoms with Crippen molar-refractivity contribution in [1.82, 2.24) is 29.0 Å². The Balaban J connectivity index is 1.44. The Morgan fingerprint density at radius 1 is 0.963 bits per heavy atom. The van der Waals surface area contributed by atoms with Crippen LogP contribution in [0.4, 0.5) is 5.82 Å². The molecule has 0 atom stereocenters. The second-order valence-electron chi connectivity index (χ2n) is 6.17. The van der Waals surface area contributed by atoms with Gasteiger partial charge < -0.3 is 4.90 Å². The van der Waals surface area contributed by atoms with Gasteiger partial charge in [-0.25, -0.2) is 13.4 Å². The van der Waals surface area contributed by atoms with Crippen molar-refractivity contribution >= 4 is 15.8 Å². The number of nitrogens with zero attached hydrogens (tertiary/aromatic N) is 7. The molecule has 0 radical (unpaired) electrons. The van der Waals surface area contributed by atoms with E-state index in [1.807, 2.05) is 34.7 Å². The number of piperazine rings is 1. The normalized spacial score (nSPS) is 15.8. The molecule has 10 heteroatoms. The quantitative estimate of drug-likeness (QED) is 0.657. The smallest absolute Gasteiger partial charge is 0.244 e. The summed E-state index contributed by atoms with van der Waals surface area (Å²) in [5.41, 5.74) is 0. The van der Waals surface area contributed by atoms with E-state index in [2.05, 4.69) is 20.2 Å². The number of hydrogen-bond acceptors (Lipinski definition) is 7. The van der Waals surface area contributed by atoms with Crippen LogP contribution in [0.1, 0.15) is 5.82 Å². The molecule has 0 bridgehead atoms. The van der Waals surface area contributed by atoms with Crippen LogP contribution >= 0.6 is 0 Å². The SMILES string of the molecule is Cc1nccn1-c1ccc(N2CCN(S(=O)(=O)c3cccnc3)CC2)nn1. The van der Waals surface area contributed by atoms with Crippen LogP contribution < -0.4 is 4.90 Å². The van der Waals surface area contributed by atoms with Gasteiger partial charge in [0.2, 0.25) is 10.0 Å². The van der Waals surface area contributed by atoms with Gasteiger partial charge in [0.05, 0.1) is 0 Å². The van der Waals surface area contributed by atoms with E-state index in [1.165, 1.54) is 10.5 Å². The van der Waals surface area contributed by atoms with Crippen molar-refractivity contribution in [3.63, 3.8) is 0 Å². The third kappa shape index (κ3) is 3.40. The van der Waals surface area contributed by atoms with E-state index in [1.54, 1.807) is 24.5 Å². The van der Waals surface area contributed by atoms with E-state index in [0.717, 1.165) is 11.6 Å². The highest BCUT2D eigenvalue weighted by Crippen LogP contribution is 2.19. The zero-order chi connectivity index (χ0) is 18.9. The molecule has 0 amide bonds. The molecule has 4 heterocycles. The first-order valence-electron chi connectivity index (χ1n) is 8.55. The van der Waals surface area contributed by atoms with Crippen molar-refractivity contribution in [2.24, 2.45) is 0 Å². The summed E-state index contributed by atoms with van der Waals surface area (Å²) in [7, 11) is -3.51. The lowest BCUT2D eigenvalue weighted by Gasteiger charge is -2.34. The minimum Gasteiger partial charge on any atom is -0.352 e. The Kier molecular flexibility index (Phi) is 4.58. The molecular formula is C17H19N7O2S. The van der Waals surface area contributed by atoms with Crippen molar-refractivity contribution in [3.8, 4) is 5.82 Å². The van der Waals surface area contributed by atoms with Crippen LogP contribution in [0.5, 0.6) is 0 Å². The van der Waals surface area contributed by atoms with Crippen LogP contribution in [0.15, 0.2) is 53.9 Å². The first kappa shape index (κ1) is 17.6. The monoisotopic (exact) mass is 385 g/mol. The maximum absolute atomic E-state index is 12.7. The molecule has 140 valence electrons. The molecule has 3 aromatic heterocycles. The molecule has 0 aromatic carbocycles. The summed E-state index contributed by atoms with van der Waals surface area (Å²) in [5.74, 6) is 2.27. The average molecular weight is 385 g/mol. The Morgan fingerprint density at radius 3 is 2.30 bits per heavy atom. The van der Waals surface area contributed by atoms with Gasteiger partial charge in [-0.2, -0.15) is 4.31 Å². The van der Waals surface area contributed by atoms with E-state index >= 15 is 0 Å². The minimum absolute atomic E-state index is 0.221. The van der Waals surface area contributed by atoms with Crippen LogP contribution in [0.2, 0.25) is 0 Å². The topological polar surface area (TPSA) is 97.1 Å². The molecule has 0 unspecified atom stereocenters. The van der Waals surface area contributed by atoms with Crippen molar-refractivity contribution in [2.75, 3.05) is 31.1 Å². The Hall–Kier alpha value is -2.85. The number of pyridine rings is 1. The summed E-state index contributed by atoms with van der Waals surface area (Å²) in [6.45, 7) is 3.79. The standard InChI is InChI=1S/C17H19N7O2S/c1-14-19-7-8-24(14)17-5-4-16(20-21-17)22-9-11-23(12-10-22)27(25,26)15-3-2-6-18-13-15/h2-8,13H,9-12H2,1H3. The summed E-state index contributed by atoms with van der Waals surface area (Å²) in [4.78, 5) is 10.3. The van der Waals surface area contributed by atoms with Gasteiger partial charge in [0, 0.05) is 51.0 Å². The van der Waals surface area contributed by atoms with Gasteiger partial charge in [-0.15, -0.1) is 10.2 Å². The van der Waals surface area contributed by atoms with Crippen LogP contribution in [0.3, 0.4) is 0 Å². The number of aryl methyl sites for hydroxylation is 1. The highest BCUT2D eigenvalue weighted by Gasteiger charge is 2.29. The molecule has 3 aromatic rings. The van der Waals surface area contributed by atoms with Gasteiger partial charge in [0.25, 0.3) is 0 Å². The van der Waals surface area contributed by atoms with Crippen molar-refractivity contribution in [2.45, 2.75) is 11.8 Å². The van der Waals surface area contributed by atoms with Gasteiger partial charge in [0.15, 0.2) is 11.6 Å². The van der Waals surface area contributed by atoms with Crippen LogP contribution in [0, 0.1) is 6.92 Å². The summed E-state index contributed by atoms with van der Waals surface area (Å²) >= 11 is 0. The van der Waals surface area contributed by atoms with E-state index in [9.17, 15) is 8.42 Å². The maximum atomic E-state index is 12.7. The van der Waals surface area contributed by atoms with Gasteiger partial charge in [-0.05, 0) is 31.2 Å². The fraction of sp³-hybridized carbons (Fsp3) is 0.294. The zero-order valence-corrected chi connectivity index (χ0v) is 15.6. The second-order valence-corrected chi connectivity index (χ2v) is 8.11. The predicted molar refractivity (Wildman–Crippen MR) is 99.1 cm³/mol. The van der Waals surface area contributed by atoms with E-state index in [4.69, 9.17) is 0 Å². The molecule has 4 rings (SSSR count). The lowest BCUT2D eigenvalue weighted by atomic mass is 10.3. The highest BCUT2D eigenvalue weighted by atomic mass is 32.2. The molecule has 1 aliphatic heterocycles. The Bertz CT molecular complexity index is 1010. The third-order valence-corrected chi connectivity index (χ3v) is 6.43. The van der Waals surface area contributed by atoms with Crippen molar-refractivity contribution < 1.29 is 8.42 Å². The fourth-order valence-corrected chi connectivity index (χ4v) is 4.43. The summed E-state index contributed by atoms with van der Waals surface area (Å²) < 4.78 is 28.7. The lowest BCUT2D eigenvalue weighted by Crippen LogP contribution is -2.49. The number of rotatable bonds is 4. The van der Waals surface area contributed by atoms with E-state index in [-0.39, 0.29) is 4.90 Å². The number of aromatic nitrogens is 5. The van der Waals surface area contributed by atoms with Gasteiger partial charge in [0.1, 0.15) is 10.7 Å². The Labute approximate surface area is 157 Å². The van der Waals surface area contributed by atoms with Crippen molar-refractivity contribution in [3.05, 3.63) is 54.9 Å². The van der Waals surface area contributed by atoms with E-state index in [0.29, 0.717) is 32.0 Å². The number of imidazole rings is 1. The molecular weight excluding hydrogens is 366 g/mol. The van der Waals surface area contributed by atoms with Crippen molar-refractivity contribution in [1.29, 1.82) is 0 Å². The molecule has 1 aliphatic rings. The minimum atomic E-state index is -3.51. The van der Waals surface area contributed by atoms with E-state index < -0.39 is 10.0 Å². The predicted octanol–water partition coefficient (Wildman–Crippen LogP) is 0.877. The Morgan fingerprint density at radius 2 is 1.70 bits per heavy atom. The molecule has 27 heavy (non-hydrogen) atoms. The lowest BCUT2D eigenvalue weighted by molar-refractivity contribution is 0.383. The first-order chi connectivity index (χ1) is 13.1. The third-order valence-electron chi connectivity index (χ3n) is 4.54. The molecule has 0 N–H and O–H groups in total. The summed E-state index contributed by atoms with van der Waals surface area (Å²) in [5, 5.41) is 8.56. The van der Waals surface area contributed by atoms with Crippen LogP contribution in [-0.4, -0.2) is 63.6 Å². The molecule has 9 nitrogen and oxygen atoms in total. The zero-order valence-electron chi connectivity index (χ0n) is 14.8. The second kappa shape index (κ2) is 7.05. The number of sulfonamides is 1. The molecule has 0 aliphatic carbocycles. The fourth-order valence-electron chi connectivity index (χ4n) is 3.04. The molecule has 1 saturated heterocycles. The van der Waals surface area contributed by atoms with Gasteiger partial charge in [-0.3, -0.25) is 9.55 Å². The number of anilines is 1. The first-order valence-corrected chi connectivity index (χ1v) is 9.99. The number of hydrogen-bond donors (Lipinski definition) is 0. The van der Waals surface area contributed by atoms with Gasteiger partial charge in [-0.1, -0.05) is 0 Å². The maximum Gasteiger partial charge on any atom is 0.244 e. The molecule has 0 saturated carbocycles. The van der Waals surface area contributed by atoms with Crippen LogP contribution in [0.25, 0.3) is 5.82 Å². The van der Waals surface area contributed by atoms with Gasteiger partial charge >= 0.3 is 0 Å². The van der Waals surface area contributed by atoms with Crippen LogP contribution in [-0.2, 0) is 10.0 Å².